The Hall–Kier alpha value is -0.240. The van der Waals surface area contributed by atoms with Gasteiger partial charge in [0, 0.05) is 12.7 Å². The number of fused-ring (bicyclic) bond motifs is 5. The van der Waals surface area contributed by atoms with Gasteiger partial charge in [0.2, 0.25) is 0 Å². The minimum Gasteiger partial charge on any atom is -0.288 e. The summed E-state index contributed by atoms with van der Waals surface area (Å²) in [6.45, 7) is 14.4. The number of thioether (sulfide) groups is 1. The SMILES string of the molecule is CC(=O)SCC1=CCC2CC[C@H]3[C@@H]4CC[C@H]([C@H](C)CCCC(C)C)[C@@]4(C)CC[C@@H]3[C@@]2(C)C1. The first-order valence-electron chi connectivity index (χ1n) is 14.0. The molecular weight excluding hydrogens is 408 g/mol. The van der Waals surface area contributed by atoms with E-state index < -0.39 is 0 Å². The van der Waals surface area contributed by atoms with Gasteiger partial charge in [-0.25, -0.2) is 0 Å². The molecule has 1 nitrogen and oxygen atoms in total. The molecule has 3 saturated carbocycles. The molecule has 0 radical (unpaired) electrons. The Morgan fingerprint density at radius 3 is 2.50 bits per heavy atom. The largest absolute Gasteiger partial charge is 0.288 e. The van der Waals surface area contributed by atoms with Crippen LogP contribution in [0.3, 0.4) is 0 Å². The Morgan fingerprint density at radius 2 is 1.78 bits per heavy atom. The summed E-state index contributed by atoms with van der Waals surface area (Å²) < 4.78 is 0. The van der Waals surface area contributed by atoms with Gasteiger partial charge >= 0.3 is 0 Å². The lowest BCUT2D eigenvalue weighted by atomic mass is 9.44. The van der Waals surface area contributed by atoms with Crippen molar-refractivity contribution >= 4 is 16.9 Å². The highest BCUT2D eigenvalue weighted by Gasteiger charge is 2.60. The predicted octanol–water partition coefficient (Wildman–Crippen LogP) is 8.92. The fraction of sp³-hybridized carbons (Fsp3) is 0.900. The summed E-state index contributed by atoms with van der Waals surface area (Å²) in [6, 6.07) is 0. The van der Waals surface area contributed by atoms with Crippen molar-refractivity contribution in [1.29, 1.82) is 0 Å². The molecular formula is C30H50OS. The first kappa shape index (κ1) is 24.9. The van der Waals surface area contributed by atoms with Crippen LogP contribution in [0.2, 0.25) is 0 Å². The van der Waals surface area contributed by atoms with Crippen LogP contribution >= 0.6 is 11.8 Å². The number of rotatable bonds is 7. The maximum absolute atomic E-state index is 11.6. The third-order valence-corrected chi connectivity index (χ3v) is 11.9. The van der Waals surface area contributed by atoms with Crippen LogP contribution in [-0.2, 0) is 4.79 Å². The van der Waals surface area contributed by atoms with E-state index in [1.54, 1.807) is 12.5 Å². The lowest BCUT2D eigenvalue weighted by molar-refractivity contribution is -0.109. The molecule has 182 valence electrons. The monoisotopic (exact) mass is 458 g/mol. The van der Waals surface area contributed by atoms with Gasteiger partial charge in [0.1, 0.15) is 0 Å². The first-order chi connectivity index (χ1) is 15.1. The minimum absolute atomic E-state index is 0.271. The molecule has 0 saturated heterocycles. The highest BCUT2D eigenvalue weighted by atomic mass is 32.2. The second kappa shape index (κ2) is 9.79. The zero-order valence-corrected chi connectivity index (χ0v) is 22.7. The molecule has 8 atom stereocenters. The third-order valence-electron chi connectivity index (χ3n) is 11.0. The maximum atomic E-state index is 11.6. The zero-order valence-electron chi connectivity index (χ0n) is 21.9. The van der Waals surface area contributed by atoms with Gasteiger partial charge in [-0.2, -0.15) is 0 Å². The van der Waals surface area contributed by atoms with Crippen molar-refractivity contribution in [3.8, 4) is 0 Å². The van der Waals surface area contributed by atoms with Crippen LogP contribution in [0.1, 0.15) is 112 Å². The van der Waals surface area contributed by atoms with E-state index in [4.69, 9.17) is 0 Å². The van der Waals surface area contributed by atoms with Gasteiger partial charge in [0.05, 0.1) is 0 Å². The highest BCUT2D eigenvalue weighted by molar-refractivity contribution is 8.13. The molecule has 3 fully saturated rings. The van der Waals surface area contributed by atoms with E-state index in [2.05, 4.69) is 40.7 Å². The molecule has 4 rings (SSSR count). The quantitative estimate of drug-likeness (QED) is 0.354. The van der Waals surface area contributed by atoms with E-state index in [1.165, 1.54) is 82.4 Å². The van der Waals surface area contributed by atoms with E-state index >= 15 is 0 Å². The predicted molar refractivity (Wildman–Crippen MR) is 140 cm³/mol. The molecule has 4 aliphatic carbocycles. The summed E-state index contributed by atoms with van der Waals surface area (Å²) in [5.41, 5.74) is 2.65. The number of allylic oxidation sites excluding steroid dienone is 1. The first-order valence-corrected chi connectivity index (χ1v) is 14.9. The summed E-state index contributed by atoms with van der Waals surface area (Å²) in [6.07, 6.45) is 18.2. The summed E-state index contributed by atoms with van der Waals surface area (Å²) in [5.74, 6) is 7.38. The summed E-state index contributed by atoms with van der Waals surface area (Å²) in [5, 5.41) is 0.271. The van der Waals surface area contributed by atoms with Crippen LogP contribution in [0.15, 0.2) is 11.6 Å². The Bertz CT molecular complexity index is 710. The van der Waals surface area contributed by atoms with Gasteiger partial charge in [0.25, 0.3) is 0 Å². The van der Waals surface area contributed by atoms with Crippen LogP contribution in [0.5, 0.6) is 0 Å². The smallest absolute Gasteiger partial charge is 0.186 e. The van der Waals surface area contributed by atoms with E-state index in [1.807, 2.05) is 0 Å². The van der Waals surface area contributed by atoms with Crippen LogP contribution in [0.4, 0.5) is 0 Å². The second-order valence-corrected chi connectivity index (χ2v) is 14.4. The average molecular weight is 459 g/mol. The van der Waals surface area contributed by atoms with Gasteiger partial charge in [-0.05, 0) is 104 Å². The molecule has 0 amide bonds. The maximum Gasteiger partial charge on any atom is 0.186 e. The normalized spacial score (nSPS) is 42.1. The highest BCUT2D eigenvalue weighted by Crippen LogP contribution is 2.68. The molecule has 0 aromatic heterocycles. The van der Waals surface area contributed by atoms with Gasteiger partial charge < -0.3 is 0 Å². The summed E-state index contributed by atoms with van der Waals surface area (Å²) >= 11 is 1.52. The Balaban J connectivity index is 1.45. The molecule has 4 aliphatic rings. The molecule has 0 aromatic rings. The van der Waals surface area contributed by atoms with Crippen molar-refractivity contribution in [3.63, 3.8) is 0 Å². The molecule has 2 heteroatoms. The van der Waals surface area contributed by atoms with E-state index in [0.29, 0.717) is 10.8 Å². The minimum atomic E-state index is 0.271. The van der Waals surface area contributed by atoms with Gasteiger partial charge in [-0.1, -0.05) is 77.3 Å². The summed E-state index contributed by atoms with van der Waals surface area (Å²) in [7, 11) is 0. The van der Waals surface area contributed by atoms with Gasteiger partial charge in [-0.15, -0.1) is 0 Å². The van der Waals surface area contributed by atoms with E-state index in [9.17, 15) is 4.79 Å². The van der Waals surface area contributed by atoms with Crippen LogP contribution < -0.4 is 0 Å². The molecule has 0 heterocycles. The van der Waals surface area contributed by atoms with Gasteiger partial charge in [-0.3, -0.25) is 4.79 Å². The van der Waals surface area contributed by atoms with Crippen molar-refractivity contribution in [1.82, 2.24) is 0 Å². The zero-order chi connectivity index (χ0) is 23.1. The fourth-order valence-electron chi connectivity index (χ4n) is 9.40. The van der Waals surface area contributed by atoms with Crippen LogP contribution in [0.25, 0.3) is 0 Å². The lowest BCUT2D eigenvalue weighted by Gasteiger charge is -2.60. The Morgan fingerprint density at radius 1 is 1.03 bits per heavy atom. The summed E-state index contributed by atoms with van der Waals surface area (Å²) in [4.78, 5) is 11.6. The molecule has 0 aliphatic heterocycles. The molecule has 32 heavy (non-hydrogen) atoms. The van der Waals surface area contributed by atoms with Crippen molar-refractivity contribution in [3.05, 3.63) is 11.6 Å². The molecule has 0 bridgehead atoms. The van der Waals surface area contributed by atoms with Crippen LogP contribution in [0, 0.1) is 52.3 Å². The Labute approximate surface area is 203 Å². The Kier molecular flexibility index (Phi) is 7.61. The average Bonchev–Trinajstić information content (AvgIpc) is 3.08. The number of carbonyl (C=O) groups excluding carboxylic acids is 1. The topological polar surface area (TPSA) is 17.1 Å². The fourth-order valence-corrected chi connectivity index (χ4v) is 10.0. The number of hydrogen-bond acceptors (Lipinski definition) is 2. The van der Waals surface area contributed by atoms with E-state index in [-0.39, 0.29) is 5.12 Å². The van der Waals surface area contributed by atoms with E-state index in [0.717, 1.165) is 47.2 Å². The van der Waals surface area contributed by atoms with Crippen molar-refractivity contribution < 1.29 is 4.79 Å². The lowest BCUT2D eigenvalue weighted by Crippen LogP contribution is -2.53. The van der Waals surface area contributed by atoms with Crippen molar-refractivity contribution in [2.24, 2.45) is 52.3 Å². The van der Waals surface area contributed by atoms with Gasteiger partial charge in [0.15, 0.2) is 5.12 Å². The number of carbonyl (C=O) groups is 1. The van der Waals surface area contributed by atoms with Crippen molar-refractivity contribution in [2.75, 3.05) is 5.75 Å². The van der Waals surface area contributed by atoms with Crippen LogP contribution in [-0.4, -0.2) is 10.9 Å². The molecule has 0 spiro atoms. The molecule has 0 N–H and O–H groups in total. The molecule has 1 unspecified atom stereocenters. The number of hydrogen-bond donors (Lipinski definition) is 0. The van der Waals surface area contributed by atoms with Crippen molar-refractivity contribution in [2.45, 2.75) is 112 Å². The standard InChI is InChI=1S/C30H50OS/c1-20(2)8-7-9-21(3)26-14-15-27-25-13-12-24-11-10-23(19-32-22(4)31)18-30(24,6)28(25)16-17-29(26,27)5/h10,20-21,24-28H,7-9,11-19H2,1-6H3/t21-,24?,25+,26-,27+,28+,29-,30+/m1/s1. The third kappa shape index (κ3) is 4.65. The second-order valence-electron chi connectivity index (χ2n) is 13.2. The molecule has 0 aromatic carbocycles.